The molecule has 0 fully saturated rings. The number of thioether (sulfide) groups is 1. The highest BCUT2D eigenvalue weighted by molar-refractivity contribution is 8.00. The number of benzene rings is 1. The molecule has 0 radical (unpaired) electrons. The summed E-state index contributed by atoms with van der Waals surface area (Å²) in [6, 6.07) is 8.59. The van der Waals surface area contributed by atoms with E-state index in [1.807, 2.05) is 6.92 Å². The summed E-state index contributed by atoms with van der Waals surface area (Å²) in [5.74, 6) is 1.07. The van der Waals surface area contributed by atoms with Crippen molar-refractivity contribution in [3.8, 4) is 11.5 Å². The van der Waals surface area contributed by atoms with Gasteiger partial charge in [-0.3, -0.25) is 9.59 Å². The molecular weight excluding hydrogens is 412 g/mol. The number of hydrogen-bond donors (Lipinski definition) is 1. The van der Waals surface area contributed by atoms with E-state index >= 15 is 0 Å². The summed E-state index contributed by atoms with van der Waals surface area (Å²) in [4.78, 5) is 24.8. The first-order chi connectivity index (χ1) is 14.0. The summed E-state index contributed by atoms with van der Waals surface area (Å²) >= 11 is 2.94. The molecule has 0 saturated heterocycles. The Bertz CT molecular complexity index is 1060. The van der Waals surface area contributed by atoms with Crippen LogP contribution in [0.3, 0.4) is 0 Å². The molecular formula is C19H20N4O4S2. The Morgan fingerprint density at radius 2 is 2.07 bits per heavy atom. The molecule has 1 aromatic carbocycles. The number of rotatable bonds is 8. The van der Waals surface area contributed by atoms with Crippen molar-refractivity contribution in [2.24, 2.45) is 0 Å². The maximum Gasteiger partial charge on any atom is 0.244 e. The van der Waals surface area contributed by atoms with Crippen LogP contribution < -0.4 is 20.2 Å². The maximum atomic E-state index is 12.6. The Hall–Kier alpha value is -2.85. The Balaban J connectivity index is 1.78. The van der Waals surface area contributed by atoms with Gasteiger partial charge in [-0.1, -0.05) is 29.2 Å². The number of nitrogens with zero attached hydrogens (tertiary/aromatic N) is 3. The number of carbonyl (C=O) groups excluding carboxylic acids is 1. The molecule has 3 aromatic rings. The van der Waals surface area contributed by atoms with E-state index in [0.717, 1.165) is 9.35 Å². The number of aryl methyl sites for hydroxylation is 1. The smallest absolute Gasteiger partial charge is 0.244 e. The van der Waals surface area contributed by atoms with Crippen LogP contribution in [0.4, 0.5) is 5.69 Å². The molecule has 3 rings (SSSR count). The van der Waals surface area contributed by atoms with Gasteiger partial charge in [0.05, 0.1) is 20.4 Å². The zero-order valence-electron chi connectivity index (χ0n) is 16.2. The van der Waals surface area contributed by atoms with Gasteiger partial charge in [-0.25, -0.2) is 0 Å². The molecule has 0 saturated carbocycles. The molecule has 0 bridgehead atoms. The SMILES string of the molecule is COc1cccc(NC(=O)Cn2cc(OC)c(=O)cc2CSc2nnc(C)s2)c1. The number of ether oxygens (including phenoxy) is 2. The van der Waals surface area contributed by atoms with Crippen LogP contribution in [0.15, 0.2) is 45.7 Å². The average Bonchev–Trinajstić information content (AvgIpc) is 3.13. The first kappa shape index (κ1) is 20.9. The lowest BCUT2D eigenvalue weighted by Gasteiger charge is -2.14. The Morgan fingerprint density at radius 3 is 2.76 bits per heavy atom. The maximum absolute atomic E-state index is 12.6. The van der Waals surface area contributed by atoms with E-state index in [9.17, 15) is 9.59 Å². The Morgan fingerprint density at radius 1 is 1.24 bits per heavy atom. The van der Waals surface area contributed by atoms with Crippen molar-refractivity contribution in [1.29, 1.82) is 0 Å². The Labute approximate surface area is 175 Å². The van der Waals surface area contributed by atoms with Crippen LogP contribution in [0.5, 0.6) is 11.5 Å². The van der Waals surface area contributed by atoms with Crippen LogP contribution in [-0.2, 0) is 17.1 Å². The highest BCUT2D eigenvalue weighted by Crippen LogP contribution is 2.26. The molecule has 2 heterocycles. The van der Waals surface area contributed by atoms with Gasteiger partial charge in [-0.2, -0.15) is 0 Å². The standard InChI is InChI=1S/C19H20N4O4S2/c1-12-21-22-19(29-12)28-11-14-8-16(24)17(27-3)9-23(14)10-18(25)20-13-5-4-6-15(7-13)26-2/h4-9H,10-11H2,1-3H3,(H,20,25). The van der Waals surface area contributed by atoms with Crippen molar-refractivity contribution < 1.29 is 14.3 Å². The molecule has 0 atom stereocenters. The van der Waals surface area contributed by atoms with Crippen LogP contribution >= 0.6 is 23.1 Å². The fourth-order valence-corrected chi connectivity index (χ4v) is 4.36. The topological polar surface area (TPSA) is 95.3 Å². The van der Waals surface area contributed by atoms with Gasteiger partial charge in [0.15, 0.2) is 10.1 Å². The molecule has 10 heteroatoms. The summed E-state index contributed by atoms with van der Waals surface area (Å²) in [5.41, 5.74) is 1.08. The van der Waals surface area contributed by atoms with Gasteiger partial charge in [0.2, 0.25) is 11.3 Å². The van der Waals surface area contributed by atoms with E-state index < -0.39 is 0 Å². The average molecular weight is 433 g/mol. The predicted molar refractivity (Wildman–Crippen MR) is 113 cm³/mol. The highest BCUT2D eigenvalue weighted by atomic mass is 32.2. The minimum absolute atomic E-state index is 0.0267. The van der Waals surface area contributed by atoms with Crippen LogP contribution in [0.1, 0.15) is 10.7 Å². The fourth-order valence-electron chi connectivity index (χ4n) is 2.55. The number of nitrogens with one attached hydrogen (secondary N) is 1. The lowest BCUT2D eigenvalue weighted by molar-refractivity contribution is -0.116. The normalized spacial score (nSPS) is 10.6. The molecule has 0 unspecified atom stereocenters. The number of aromatic nitrogens is 3. The van der Waals surface area contributed by atoms with Crippen molar-refractivity contribution in [1.82, 2.24) is 14.8 Å². The summed E-state index contributed by atoms with van der Waals surface area (Å²) < 4.78 is 12.8. The minimum Gasteiger partial charge on any atom is -0.497 e. The second kappa shape index (κ2) is 9.57. The number of hydrogen-bond acceptors (Lipinski definition) is 8. The van der Waals surface area contributed by atoms with Gasteiger partial charge in [0.25, 0.3) is 0 Å². The monoisotopic (exact) mass is 432 g/mol. The van der Waals surface area contributed by atoms with E-state index in [0.29, 0.717) is 22.9 Å². The third-order valence-corrected chi connectivity index (χ3v) is 5.93. The van der Waals surface area contributed by atoms with Crippen molar-refractivity contribution in [3.05, 3.63) is 57.5 Å². The third-order valence-electron chi connectivity index (χ3n) is 3.92. The van der Waals surface area contributed by atoms with E-state index in [1.165, 1.54) is 36.3 Å². The van der Waals surface area contributed by atoms with E-state index in [4.69, 9.17) is 9.47 Å². The zero-order chi connectivity index (χ0) is 20.8. The first-order valence-electron chi connectivity index (χ1n) is 8.62. The second-order valence-electron chi connectivity index (χ2n) is 5.98. The summed E-state index contributed by atoms with van der Waals surface area (Å²) in [7, 11) is 2.99. The lowest BCUT2D eigenvalue weighted by Crippen LogP contribution is -2.22. The van der Waals surface area contributed by atoms with Gasteiger partial charge in [0.1, 0.15) is 17.3 Å². The predicted octanol–water partition coefficient (Wildman–Crippen LogP) is 2.96. The molecule has 8 nitrogen and oxygen atoms in total. The van der Waals surface area contributed by atoms with E-state index in [1.54, 1.807) is 42.1 Å². The van der Waals surface area contributed by atoms with Crippen LogP contribution in [-0.4, -0.2) is 34.9 Å². The molecule has 1 N–H and O–H groups in total. The molecule has 152 valence electrons. The molecule has 29 heavy (non-hydrogen) atoms. The third kappa shape index (κ3) is 5.58. The quantitative estimate of drug-likeness (QED) is 0.547. The number of anilines is 1. The fraction of sp³-hybridized carbons (Fsp3) is 0.263. The second-order valence-corrected chi connectivity index (χ2v) is 8.39. The van der Waals surface area contributed by atoms with Crippen molar-refractivity contribution in [2.75, 3.05) is 19.5 Å². The number of amides is 1. The van der Waals surface area contributed by atoms with E-state index in [-0.39, 0.29) is 23.6 Å². The lowest BCUT2D eigenvalue weighted by atomic mass is 10.3. The molecule has 0 spiro atoms. The number of pyridine rings is 1. The van der Waals surface area contributed by atoms with Crippen LogP contribution in [0.25, 0.3) is 0 Å². The minimum atomic E-state index is -0.235. The van der Waals surface area contributed by atoms with Gasteiger partial charge < -0.3 is 19.4 Å². The van der Waals surface area contributed by atoms with Crippen molar-refractivity contribution >= 4 is 34.7 Å². The number of carbonyl (C=O) groups is 1. The summed E-state index contributed by atoms with van der Waals surface area (Å²) in [6.07, 6.45) is 1.55. The zero-order valence-corrected chi connectivity index (χ0v) is 17.8. The van der Waals surface area contributed by atoms with Crippen LogP contribution in [0, 0.1) is 6.92 Å². The summed E-state index contributed by atoms with van der Waals surface area (Å²) in [5, 5.41) is 11.8. The van der Waals surface area contributed by atoms with Crippen molar-refractivity contribution in [2.45, 2.75) is 23.6 Å². The molecule has 0 aliphatic rings. The van der Waals surface area contributed by atoms with Gasteiger partial charge in [-0.05, 0) is 19.1 Å². The molecule has 0 aliphatic heterocycles. The van der Waals surface area contributed by atoms with Gasteiger partial charge in [0, 0.05) is 29.3 Å². The Kier molecular flexibility index (Phi) is 6.89. The molecule has 1 amide bonds. The van der Waals surface area contributed by atoms with Crippen LogP contribution in [0.2, 0.25) is 0 Å². The highest BCUT2D eigenvalue weighted by Gasteiger charge is 2.13. The van der Waals surface area contributed by atoms with Gasteiger partial charge >= 0.3 is 0 Å². The van der Waals surface area contributed by atoms with Crippen molar-refractivity contribution in [3.63, 3.8) is 0 Å². The number of methoxy groups -OCH3 is 2. The summed E-state index contributed by atoms with van der Waals surface area (Å²) in [6.45, 7) is 1.91. The molecule has 2 aromatic heterocycles. The van der Waals surface area contributed by atoms with E-state index in [2.05, 4.69) is 15.5 Å². The molecule has 0 aliphatic carbocycles. The first-order valence-corrected chi connectivity index (χ1v) is 10.4. The largest absolute Gasteiger partial charge is 0.497 e. The van der Waals surface area contributed by atoms with Gasteiger partial charge in [-0.15, -0.1) is 10.2 Å².